The van der Waals surface area contributed by atoms with Crippen LogP contribution < -0.4 is 0 Å². The summed E-state index contributed by atoms with van der Waals surface area (Å²) in [6, 6.07) is 6.79. The molecule has 0 fully saturated rings. The first-order valence-electron chi connectivity index (χ1n) is 4.88. The van der Waals surface area contributed by atoms with Gasteiger partial charge in [0.05, 0.1) is 16.0 Å². The minimum Gasteiger partial charge on any atom is -0.460 e. The molecule has 0 atom stereocenters. The third-order valence-corrected chi connectivity index (χ3v) is 4.69. The normalized spacial score (nSPS) is 12.1. The Morgan fingerprint density at radius 2 is 2.06 bits per heavy atom. The summed E-state index contributed by atoms with van der Waals surface area (Å²) in [5.41, 5.74) is 0.713. The van der Waals surface area contributed by atoms with E-state index in [4.69, 9.17) is 4.42 Å². The number of alkyl halides is 1. The van der Waals surface area contributed by atoms with E-state index in [0.29, 0.717) is 15.8 Å². The summed E-state index contributed by atoms with van der Waals surface area (Å²) in [6.45, 7) is 1.64. The Balaban J connectivity index is 2.60. The molecule has 0 saturated carbocycles. The van der Waals surface area contributed by atoms with Crippen LogP contribution in [0.2, 0.25) is 0 Å². The van der Waals surface area contributed by atoms with Crippen LogP contribution in [0.15, 0.2) is 33.6 Å². The molecule has 0 saturated heterocycles. The van der Waals surface area contributed by atoms with E-state index in [0.717, 1.165) is 11.1 Å². The molecular formula is C11H11BrO3S. The fraction of sp³-hybridized carbons (Fsp3) is 0.273. The van der Waals surface area contributed by atoms with E-state index in [2.05, 4.69) is 15.9 Å². The lowest BCUT2D eigenvalue weighted by atomic mass is 10.2. The van der Waals surface area contributed by atoms with Crippen LogP contribution in [0.4, 0.5) is 0 Å². The van der Waals surface area contributed by atoms with Crippen LogP contribution in [0.3, 0.4) is 0 Å². The molecule has 1 heterocycles. The second-order valence-corrected chi connectivity index (χ2v) is 6.29. The number of hydrogen-bond acceptors (Lipinski definition) is 3. The molecule has 1 aromatic heterocycles. The van der Waals surface area contributed by atoms with E-state index in [1.54, 1.807) is 25.1 Å². The van der Waals surface area contributed by atoms with Crippen molar-refractivity contribution in [1.29, 1.82) is 0 Å². The van der Waals surface area contributed by atoms with Crippen molar-refractivity contribution in [3.63, 3.8) is 0 Å². The lowest BCUT2D eigenvalue weighted by molar-refractivity contribution is 0.575. The number of furan rings is 1. The quantitative estimate of drug-likeness (QED) is 0.819. The fourth-order valence-electron chi connectivity index (χ4n) is 1.50. The van der Waals surface area contributed by atoms with Crippen molar-refractivity contribution in [3.05, 3.63) is 30.0 Å². The van der Waals surface area contributed by atoms with Gasteiger partial charge < -0.3 is 4.42 Å². The highest BCUT2D eigenvalue weighted by atomic mass is 79.9. The smallest absolute Gasteiger partial charge is 0.178 e. The standard InChI is InChI=1S/C11H11BrO3S/c1-2-16(13,14)10-3-4-11-8(6-10)5-9(7-12)15-11/h3-6H,2,7H2,1H3. The number of halogens is 1. The maximum Gasteiger partial charge on any atom is 0.178 e. The van der Waals surface area contributed by atoms with Gasteiger partial charge in [-0.3, -0.25) is 0 Å². The van der Waals surface area contributed by atoms with Gasteiger partial charge in [0.2, 0.25) is 0 Å². The first kappa shape index (κ1) is 11.7. The first-order valence-corrected chi connectivity index (χ1v) is 7.65. The van der Waals surface area contributed by atoms with Crippen LogP contribution >= 0.6 is 15.9 Å². The highest BCUT2D eigenvalue weighted by Crippen LogP contribution is 2.24. The van der Waals surface area contributed by atoms with Crippen molar-refractivity contribution < 1.29 is 12.8 Å². The highest BCUT2D eigenvalue weighted by Gasteiger charge is 2.13. The van der Waals surface area contributed by atoms with Gasteiger partial charge in [-0.25, -0.2) is 8.42 Å². The predicted octanol–water partition coefficient (Wildman–Crippen LogP) is 3.12. The van der Waals surface area contributed by atoms with Gasteiger partial charge in [-0.15, -0.1) is 0 Å². The van der Waals surface area contributed by atoms with E-state index in [1.165, 1.54) is 0 Å². The van der Waals surface area contributed by atoms with Gasteiger partial charge in [0.15, 0.2) is 9.84 Å². The maximum atomic E-state index is 11.7. The molecule has 2 aromatic rings. The van der Waals surface area contributed by atoms with Crippen LogP contribution in [0, 0.1) is 0 Å². The van der Waals surface area contributed by atoms with Crippen LogP contribution in [0.25, 0.3) is 11.0 Å². The zero-order chi connectivity index (χ0) is 11.8. The lowest BCUT2D eigenvalue weighted by Crippen LogP contribution is -2.02. The minimum absolute atomic E-state index is 0.113. The zero-order valence-electron chi connectivity index (χ0n) is 8.73. The second kappa shape index (κ2) is 4.22. The topological polar surface area (TPSA) is 47.3 Å². The fourth-order valence-corrected chi connectivity index (χ4v) is 2.69. The monoisotopic (exact) mass is 302 g/mol. The van der Waals surface area contributed by atoms with Crippen molar-refractivity contribution in [2.45, 2.75) is 17.1 Å². The third-order valence-electron chi connectivity index (χ3n) is 2.41. The van der Waals surface area contributed by atoms with Gasteiger partial charge in [0.1, 0.15) is 11.3 Å². The summed E-state index contributed by atoms with van der Waals surface area (Å²) in [5.74, 6) is 0.905. The molecule has 0 unspecified atom stereocenters. The molecule has 0 bridgehead atoms. The van der Waals surface area contributed by atoms with Crippen molar-refractivity contribution in [2.75, 3.05) is 5.75 Å². The second-order valence-electron chi connectivity index (χ2n) is 3.45. The molecule has 0 aliphatic heterocycles. The summed E-state index contributed by atoms with van der Waals surface area (Å²) >= 11 is 3.30. The average molecular weight is 303 g/mol. The highest BCUT2D eigenvalue weighted by molar-refractivity contribution is 9.08. The Morgan fingerprint density at radius 3 is 2.69 bits per heavy atom. The number of sulfone groups is 1. The largest absolute Gasteiger partial charge is 0.460 e. The Bertz CT molecular complexity index is 613. The molecule has 16 heavy (non-hydrogen) atoms. The van der Waals surface area contributed by atoms with Crippen molar-refractivity contribution in [1.82, 2.24) is 0 Å². The van der Waals surface area contributed by atoms with Gasteiger partial charge in [0, 0.05) is 5.39 Å². The summed E-state index contributed by atoms with van der Waals surface area (Å²) in [7, 11) is -3.14. The number of fused-ring (bicyclic) bond motifs is 1. The molecule has 1 aromatic carbocycles. The van der Waals surface area contributed by atoms with Crippen LogP contribution in [0.1, 0.15) is 12.7 Å². The third kappa shape index (κ3) is 2.01. The predicted molar refractivity (Wildman–Crippen MR) is 66.6 cm³/mol. The molecule has 86 valence electrons. The summed E-state index contributed by atoms with van der Waals surface area (Å²) in [6.07, 6.45) is 0. The molecule has 3 nitrogen and oxygen atoms in total. The van der Waals surface area contributed by atoms with Crippen molar-refractivity contribution in [3.8, 4) is 0 Å². The molecule has 0 aliphatic carbocycles. The molecular weight excluding hydrogens is 292 g/mol. The van der Waals surface area contributed by atoms with Crippen LogP contribution in [0.5, 0.6) is 0 Å². The van der Waals surface area contributed by atoms with Gasteiger partial charge >= 0.3 is 0 Å². The maximum absolute atomic E-state index is 11.7. The number of rotatable bonds is 3. The average Bonchev–Trinajstić information content (AvgIpc) is 2.70. The molecule has 0 radical (unpaired) electrons. The molecule has 0 aliphatic rings. The first-order chi connectivity index (χ1) is 7.56. The summed E-state index contributed by atoms with van der Waals surface area (Å²) < 4.78 is 28.8. The summed E-state index contributed by atoms with van der Waals surface area (Å²) in [4.78, 5) is 0.351. The van der Waals surface area contributed by atoms with Gasteiger partial charge in [0.25, 0.3) is 0 Å². The minimum atomic E-state index is -3.14. The van der Waals surface area contributed by atoms with E-state index in [9.17, 15) is 8.42 Å². The zero-order valence-corrected chi connectivity index (χ0v) is 11.1. The molecule has 5 heteroatoms. The van der Waals surface area contributed by atoms with Crippen molar-refractivity contribution >= 4 is 36.7 Å². The van der Waals surface area contributed by atoms with Crippen LogP contribution in [-0.2, 0) is 15.2 Å². The Kier molecular flexibility index (Phi) is 3.08. The lowest BCUT2D eigenvalue weighted by Gasteiger charge is -1.99. The Hall–Kier alpha value is -0.810. The SMILES string of the molecule is CCS(=O)(=O)c1ccc2oc(CBr)cc2c1. The van der Waals surface area contributed by atoms with E-state index in [1.807, 2.05) is 6.07 Å². The molecule has 0 N–H and O–H groups in total. The van der Waals surface area contributed by atoms with Gasteiger partial charge in [-0.1, -0.05) is 22.9 Å². The molecule has 0 spiro atoms. The Morgan fingerprint density at radius 1 is 1.31 bits per heavy atom. The van der Waals surface area contributed by atoms with Gasteiger partial charge in [-0.2, -0.15) is 0 Å². The molecule has 2 rings (SSSR count). The number of hydrogen-bond donors (Lipinski definition) is 0. The molecule has 0 amide bonds. The van der Waals surface area contributed by atoms with E-state index < -0.39 is 9.84 Å². The number of benzene rings is 1. The van der Waals surface area contributed by atoms with Crippen LogP contribution in [-0.4, -0.2) is 14.2 Å². The van der Waals surface area contributed by atoms with E-state index >= 15 is 0 Å². The van der Waals surface area contributed by atoms with Gasteiger partial charge in [-0.05, 0) is 24.3 Å². The Labute approximate surface area is 102 Å². The van der Waals surface area contributed by atoms with Crippen molar-refractivity contribution in [2.24, 2.45) is 0 Å². The summed E-state index contributed by atoms with van der Waals surface area (Å²) in [5, 5.41) is 1.45. The van der Waals surface area contributed by atoms with E-state index in [-0.39, 0.29) is 5.75 Å².